The second kappa shape index (κ2) is 13.2. The third-order valence-corrected chi connectivity index (χ3v) is 4.86. The van der Waals surface area contributed by atoms with Crippen molar-refractivity contribution in [2.45, 2.75) is 32.4 Å². The summed E-state index contributed by atoms with van der Waals surface area (Å²) in [6.45, 7) is 2.33. The largest absolute Gasteiger partial charge is 0.356 e. The third kappa shape index (κ3) is 7.95. The Bertz CT molecular complexity index is 896. The van der Waals surface area contributed by atoms with Gasteiger partial charge in [-0.15, -0.1) is 24.0 Å². The van der Waals surface area contributed by atoms with E-state index in [9.17, 15) is 0 Å². The van der Waals surface area contributed by atoms with E-state index in [1.54, 1.807) is 13.2 Å². The van der Waals surface area contributed by atoms with Crippen molar-refractivity contribution in [3.63, 3.8) is 0 Å². The molecule has 1 aromatic carbocycles. The standard InChI is InChI=1S/C22H27ClN6.HI/c1-24-22(26-12-11-19-9-10-20(23)27-16-19)28-17-21-25-13-15-29(21)14-5-8-18-6-3-2-4-7-18;/h2-4,6-7,9-10,13,15-16H,5,8,11-12,14,17H2,1H3,(H2,24,26,28);1H. The van der Waals surface area contributed by atoms with Gasteiger partial charge in [0, 0.05) is 38.7 Å². The van der Waals surface area contributed by atoms with Gasteiger partial charge in [0.05, 0.1) is 6.54 Å². The number of aromatic nitrogens is 3. The number of hydrogen-bond acceptors (Lipinski definition) is 3. The highest BCUT2D eigenvalue weighted by Gasteiger charge is 2.05. The topological polar surface area (TPSA) is 67.1 Å². The molecule has 8 heteroatoms. The van der Waals surface area contributed by atoms with Gasteiger partial charge in [-0.1, -0.05) is 48.0 Å². The minimum atomic E-state index is 0. The second-order valence-corrected chi connectivity index (χ2v) is 7.10. The summed E-state index contributed by atoms with van der Waals surface area (Å²) in [5.41, 5.74) is 2.50. The van der Waals surface area contributed by atoms with E-state index < -0.39 is 0 Å². The van der Waals surface area contributed by atoms with E-state index in [1.807, 2.05) is 24.5 Å². The lowest BCUT2D eigenvalue weighted by Gasteiger charge is -2.13. The van der Waals surface area contributed by atoms with Crippen LogP contribution in [0.4, 0.5) is 0 Å². The quantitative estimate of drug-likeness (QED) is 0.186. The molecule has 0 aliphatic rings. The number of nitrogens with one attached hydrogen (secondary N) is 2. The Balaban J connectivity index is 0.00000320. The predicted molar refractivity (Wildman–Crippen MR) is 134 cm³/mol. The van der Waals surface area contributed by atoms with Crippen LogP contribution in [0.15, 0.2) is 66.0 Å². The average Bonchev–Trinajstić information content (AvgIpc) is 3.20. The predicted octanol–water partition coefficient (Wildman–Crippen LogP) is 4.09. The van der Waals surface area contributed by atoms with Gasteiger partial charge in [0.1, 0.15) is 11.0 Å². The van der Waals surface area contributed by atoms with Crippen molar-refractivity contribution in [1.82, 2.24) is 25.2 Å². The summed E-state index contributed by atoms with van der Waals surface area (Å²) in [6, 6.07) is 14.4. The first-order valence-corrected chi connectivity index (χ1v) is 10.2. The Morgan fingerprint density at radius 1 is 1.03 bits per heavy atom. The van der Waals surface area contributed by atoms with Gasteiger partial charge in [-0.2, -0.15) is 0 Å². The van der Waals surface area contributed by atoms with E-state index in [4.69, 9.17) is 11.6 Å². The van der Waals surface area contributed by atoms with Crippen LogP contribution in [0.1, 0.15) is 23.4 Å². The molecule has 0 spiro atoms. The van der Waals surface area contributed by atoms with E-state index in [1.165, 1.54) is 5.56 Å². The molecule has 3 rings (SSSR count). The number of rotatable bonds is 9. The summed E-state index contributed by atoms with van der Waals surface area (Å²) in [7, 11) is 1.77. The number of halogens is 2. The smallest absolute Gasteiger partial charge is 0.191 e. The van der Waals surface area contributed by atoms with Crippen molar-refractivity contribution in [3.05, 3.63) is 83.2 Å². The first-order chi connectivity index (χ1) is 14.2. The monoisotopic (exact) mass is 538 g/mol. The van der Waals surface area contributed by atoms with Gasteiger partial charge in [-0.25, -0.2) is 9.97 Å². The summed E-state index contributed by atoms with van der Waals surface area (Å²) in [5, 5.41) is 7.17. The van der Waals surface area contributed by atoms with Crippen LogP contribution in [0.2, 0.25) is 5.15 Å². The van der Waals surface area contributed by atoms with Crippen LogP contribution in [-0.2, 0) is 25.9 Å². The molecule has 2 heterocycles. The maximum Gasteiger partial charge on any atom is 0.191 e. The minimum Gasteiger partial charge on any atom is -0.356 e. The molecular formula is C22H28ClIN6. The highest BCUT2D eigenvalue weighted by Crippen LogP contribution is 2.06. The van der Waals surface area contributed by atoms with E-state index in [0.717, 1.165) is 49.7 Å². The van der Waals surface area contributed by atoms with Gasteiger partial charge in [0.25, 0.3) is 0 Å². The number of imidazole rings is 1. The van der Waals surface area contributed by atoms with Crippen LogP contribution in [-0.4, -0.2) is 34.1 Å². The first kappa shape index (κ1) is 24.1. The molecule has 0 amide bonds. The molecule has 2 aromatic heterocycles. The fourth-order valence-corrected chi connectivity index (χ4v) is 3.18. The zero-order valence-corrected chi connectivity index (χ0v) is 20.2. The fraction of sp³-hybridized carbons (Fsp3) is 0.318. The zero-order valence-electron chi connectivity index (χ0n) is 17.1. The third-order valence-electron chi connectivity index (χ3n) is 4.64. The summed E-state index contributed by atoms with van der Waals surface area (Å²) in [4.78, 5) is 12.9. The highest BCUT2D eigenvalue weighted by atomic mass is 127. The van der Waals surface area contributed by atoms with Crippen molar-refractivity contribution < 1.29 is 0 Å². The van der Waals surface area contributed by atoms with E-state index in [-0.39, 0.29) is 24.0 Å². The van der Waals surface area contributed by atoms with E-state index in [2.05, 4.69) is 60.5 Å². The highest BCUT2D eigenvalue weighted by molar-refractivity contribution is 14.0. The molecule has 0 atom stereocenters. The van der Waals surface area contributed by atoms with Crippen LogP contribution in [0, 0.1) is 0 Å². The number of hydrogen-bond donors (Lipinski definition) is 2. The molecule has 0 radical (unpaired) electrons. The number of nitrogens with zero attached hydrogens (tertiary/aromatic N) is 4. The lowest BCUT2D eigenvalue weighted by molar-refractivity contribution is 0.600. The summed E-state index contributed by atoms with van der Waals surface area (Å²) in [5.74, 6) is 1.76. The number of benzene rings is 1. The number of pyridine rings is 1. The van der Waals surface area contributed by atoms with Crippen molar-refractivity contribution in [2.24, 2.45) is 4.99 Å². The van der Waals surface area contributed by atoms with Crippen molar-refractivity contribution >= 4 is 41.5 Å². The number of aliphatic imine (C=N–C) groups is 1. The molecule has 30 heavy (non-hydrogen) atoms. The maximum atomic E-state index is 5.82. The molecule has 2 N–H and O–H groups in total. The van der Waals surface area contributed by atoms with Crippen LogP contribution >= 0.6 is 35.6 Å². The van der Waals surface area contributed by atoms with Crippen LogP contribution in [0.3, 0.4) is 0 Å². The first-order valence-electron chi connectivity index (χ1n) is 9.83. The molecule has 0 fully saturated rings. The van der Waals surface area contributed by atoms with Gasteiger partial charge in [0.15, 0.2) is 5.96 Å². The number of aryl methyl sites for hydroxylation is 2. The average molecular weight is 539 g/mol. The molecule has 160 valence electrons. The SMILES string of the molecule is CN=C(NCCc1ccc(Cl)nc1)NCc1nccn1CCCc1ccccc1.I. The molecule has 0 saturated carbocycles. The molecule has 6 nitrogen and oxygen atoms in total. The normalized spacial score (nSPS) is 11.1. The molecule has 3 aromatic rings. The Labute approximate surface area is 200 Å². The van der Waals surface area contributed by atoms with Gasteiger partial charge >= 0.3 is 0 Å². The van der Waals surface area contributed by atoms with Crippen LogP contribution in [0.25, 0.3) is 0 Å². The molecular weight excluding hydrogens is 511 g/mol. The Morgan fingerprint density at radius 2 is 1.87 bits per heavy atom. The van der Waals surface area contributed by atoms with Gasteiger partial charge in [-0.05, 0) is 36.5 Å². The Hall–Kier alpha value is -2.13. The maximum absolute atomic E-state index is 5.82. The molecule has 0 aliphatic heterocycles. The fourth-order valence-electron chi connectivity index (χ4n) is 3.07. The van der Waals surface area contributed by atoms with Gasteiger partial charge in [-0.3, -0.25) is 4.99 Å². The molecule has 0 saturated heterocycles. The zero-order chi connectivity index (χ0) is 20.3. The molecule has 0 aliphatic carbocycles. The van der Waals surface area contributed by atoms with E-state index in [0.29, 0.717) is 11.7 Å². The second-order valence-electron chi connectivity index (χ2n) is 6.72. The molecule has 0 bridgehead atoms. The van der Waals surface area contributed by atoms with Gasteiger partial charge < -0.3 is 15.2 Å². The summed E-state index contributed by atoms with van der Waals surface area (Å²) < 4.78 is 2.20. The van der Waals surface area contributed by atoms with E-state index >= 15 is 0 Å². The number of guanidine groups is 1. The molecule has 0 unspecified atom stereocenters. The van der Waals surface area contributed by atoms with Crippen LogP contribution < -0.4 is 10.6 Å². The lowest BCUT2D eigenvalue weighted by atomic mass is 10.1. The summed E-state index contributed by atoms with van der Waals surface area (Å²) in [6.07, 6.45) is 8.67. The van der Waals surface area contributed by atoms with Gasteiger partial charge in [0.2, 0.25) is 0 Å². The van der Waals surface area contributed by atoms with Crippen molar-refractivity contribution in [3.8, 4) is 0 Å². The van der Waals surface area contributed by atoms with Crippen molar-refractivity contribution in [2.75, 3.05) is 13.6 Å². The minimum absolute atomic E-state index is 0. The Kier molecular flexibility index (Phi) is 10.6. The Morgan fingerprint density at radius 3 is 2.60 bits per heavy atom. The van der Waals surface area contributed by atoms with Crippen molar-refractivity contribution in [1.29, 1.82) is 0 Å². The lowest BCUT2D eigenvalue weighted by Crippen LogP contribution is -2.38. The van der Waals surface area contributed by atoms with Crippen LogP contribution in [0.5, 0.6) is 0 Å². The summed E-state index contributed by atoms with van der Waals surface area (Å²) >= 11 is 5.82.